The number of nitriles is 1. The number of rotatable bonds is 5. The third-order valence-corrected chi connectivity index (χ3v) is 4.07. The van der Waals surface area contributed by atoms with Crippen molar-refractivity contribution in [2.45, 2.75) is 0 Å². The molecule has 3 aromatic rings. The zero-order valence-corrected chi connectivity index (χ0v) is 14.3. The Balaban J connectivity index is 2.04. The quantitative estimate of drug-likeness (QED) is 0.280. The van der Waals surface area contributed by atoms with Gasteiger partial charge in [0.25, 0.3) is 5.70 Å². The summed E-state index contributed by atoms with van der Waals surface area (Å²) in [6.45, 7) is 7.35. The van der Waals surface area contributed by atoms with E-state index in [1.54, 1.807) is 24.3 Å². The van der Waals surface area contributed by atoms with Gasteiger partial charge in [-0.2, -0.15) is 0 Å². The maximum atomic E-state index is 9.40. The van der Waals surface area contributed by atoms with Crippen LogP contribution in [0.3, 0.4) is 0 Å². The van der Waals surface area contributed by atoms with Gasteiger partial charge in [0.05, 0.1) is 18.3 Å². The standard InChI is InChI=1S/C22H15N3O2/c1-24-21(15-23)22(19-11-13-20(14-12-19)25-27-26)18-9-7-17(8-10-18)16-5-3-2-4-6-16/h2-14,25-26H. The third kappa shape index (κ3) is 4.02. The van der Waals surface area contributed by atoms with Gasteiger partial charge in [0.2, 0.25) is 0 Å². The molecule has 0 saturated carbocycles. The van der Waals surface area contributed by atoms with Gasteiger partial charge in [0.1, 0.15) is 0 Å². The normalized spacial score (nSPS) is 11.1. The summed E-state index contributed by atoms with van der Waals surface area (Å²) < 4.78 is 0. The first kappa shape index (κ1) is 17.9. The van der Waals surface area contributed by atoms with Gasteiger partial charge >= 0.3 is 0 Å². The minimum absolute atomic E-state index is 0.0154. The van der Waals surface area contributed by atoms with Crippen LogP contribution >= 0.6 is 0 Å². The second-order valence-corrected chi connectivity index (χ2v) is 5.66. The predicted octanol–water partition coefficient (Wildman–Crippen LogP) is 5.37. The first-order valence-corrected chi connectivity index (χ1v) is 8.11. The summed E-state index contributed by atoms with van der Waals surface area (Å²) in [6.07, 6.45) is 0. The monoisotopic (exact) mass is 353 g/mol. The Morgan fingerprint density at radius 3 is 1.96 bits per heavy atom. The maximum Gasteiger partial charge on any atom is 0.270 e. The van der Waals surface area contributed by atoms with Crippen LogP contribution in [-0.2, 0) is 4.99 Å². The van der Waals surface area contributed by atoms with Gasteiger partial charge < -0.3 is 0 Å². The molecule has 0 fully saturated rings. The van der Waals surface area contributed by atoms with Crippen LogP contribution < -0.4 is 5.48 Å². The van der Waals surface area contributed by atoms with Crippen LogP contribution in [0.5, 0.6) is 0 Å². The van der Waals surface area contributed by atoms with E-state index in [-0.39, 0.29) is 5.70 Å². The molecule has 130 valence electrons. The zero-order valence-electron chi connectivity index (χ0n) is 14.3. The maximum absolute atomic E-state index is 9.40. The van der Waals surface area contributed by atoms with Crippen molar-refractivity contribution in [1.82, 2.24) is 0 Å². The first-order chi connectivity index (χ1) is 13.3. The summed E-state index contributed by atoms with van der Waals surface area (Å²) in [6, 6.07) is 26.6. The largest absolute Gasteiger partial charge is 0.270 e. The average molecular weight is 353 g/mol. The molecule has 0 saturated heterocycles. The number of nitrogens with zero attached hydrogens (tertiary/aromatic N) is 2. The summed E-state index contributed by atoms with van der Waals surface area (Å²) in [5.74, 6) is 0. The zero-order chi connectivity index (χ0) is 19.1. The highest BCUT2D eigenvalue weighted by Crippen LogP contribution is 2.30. The van der Waals surface area contributed by atoms with Crippen LogP contribution in [-0.4, -0.2) is 5.26 Å². The Kier molecular flexibility index (Phi) is 5.61. The van der Waals surface area contributed by atoms with Crippen molar-refractivity contribution in [1.29, 1.82) is 5.26 Å². The second-order valence-electron chi connectivity index (χ2n) is 5.66. The molecule has 27 heavy (non-hydrogen) atoms. The molecule has 0 bridgehead atoms. The van der Waals surface area contributed by atoms with Gasteiger partial charge in [-0.3, -0.25) is 0 Å². The lowest BCUT2D eigenvalue weighted by molar-refractivity contribution is -0.215. The minimum Gasteiger partial charge on any atom is -0.236 e. The average Bonchev–Trinajstić information content (AvgIpc) is 2.74. The first-order valence-electron chi connectivity index (χ1n) is 8.11. The fourth-order valence-electron chi connectivity index (χ4n) is 2.79. The number of benzene rings is 3. The smallest absolute Gasteiger partial charge is 0.236 e. The Morgan fingerprint density at radius 1 is 0.889 bits per heavy atom. The summed E-state index contributed by atoms with van der Waals surface area (Å²) in [5.41, 5.74) is 7.08. The van der Waals surface area contributed by atoms with Crippen LogP contribution in [0, 0.1) is 17.9 Å². The second kappa shape index (κ2) is 8.46. The SMILES string of the molecule is [C-]#[N+]C(C#N)=C(c1ccc(NOO)cc1)c1ccc(-c2ccccc2)cc1. The molecule has 3 aromatic carbocycles. The Morgan fingerprint density at radius 2 is 1.44 bits per heavy atom. The molecule has 0 atom stereocenters. The molecule has 2 N–H and O–H groups in total. The van der Waals surface area contributed by atoms with Crippen LogP contribution in [0.4, 0.5) is 5.69 Å². The molecule has 0 aromatic heterocycles. The number of hydrogen-bond donors (Lipinski definition) is 2. The molecular weight excluding hydrogens is 338 g/mol. The molecule has 0 aliphatic heterocycles. The molecule has 0 unspecified atom stereocenters. The van der Waals surface area contributed by atoms with Gasteiger partial charge in [-0.25, -0.2) is 20.8 Å². The van der Waals surface area contributed by atoms with E-state index >= 15 is 0 Å². The molecule has 0 amide bonds. The van der Waals surface area contributed by atoms with Crippen molar-refractivity contribution in [3.8, 4) is 17.2 Å². The number of allylic oxidation sites excluding steroid dienone is 1. The molecular formula is C22H15N3O2. The van der Waals surface area contributed by atoms with E-state index in [2.05, 4.69) is 15.3 Å². The fourth-order valence-corrected chi connectivity index (χ4v) is 2.79. The van der Waals surface area contributed by atoms with Gasteiger partial charge in [-0.15, -0.1) is 4.99 Å². The third-order valence-electron chi connectivity index (χ3n) is 4.07. The number of nitrogens with one attached hydrogen (secondary N) is 1. The summed E-state index contributed by atoms with van der Waals surface area (Å²) in [7, 11) is 0. The minimum atomic E-state index is 0.0154. The van der Waals surface area contributed by atoms with Gasteiger partial charge in [-0.1, -0.05) is 66.7 Å². The highest BCUT2D eigenvalue weighted by molar-refractivity contribution is 5.86. The lowest BCUT2D eigenvalue weighted by Crippen LogP contribution is -1.97. The summed E-state index contributed by atoms with van der Waals surface area (Å²) in [5, 5.41) is 17.9. The van der Waals surface area contributed by atoms with Gasteiger partial charge in [-0.05, 0) is 34.4 Å². The molecule has 5 nitrogen and oxygen atoms in total. The Hall–Kier alpha value is -3.90. The van der Waals surface area contributed by atoms with E-state index in [4.69, 9.17) is 11.8 Å². The number of hydrogen-bond acceptors (Lipinski definition) is 4. The van der Waals surface area contributed by atoms with E-state index in [1.165, 1.54) is 0 Å². The van der Waals surface area contributed by atoms with E-state index in [0.717, 1.165) is 22.3 Å². The molecule has 0 aliphatic carbocycles. The van der Waals surface area contributed by atoms with Crippen molar-refractivity contribution in [3.05, 3.63) is 107 Å². The lowest BCUT2D eigenvalue weighted by atomic mass is 9.94. The molecule has 0 heterocycles. The molecule has 3 rings (SSSR count). The van der Waals surface area contributed by atoms with Crippen molar-refractivity contribution < 1.29 is 10.2 Å². The van der Waals surface area contributed by atoms with Gasteiger partial charge in [0.15, 0.2) is 0 Å². The van der Waals surface area contributed by atoms with E-state index in [9.17, 15) is 5.26 Å². The Bertz CT molecular complexity index is 1010. The van der Waals surface area contributed by atoms with Crippen molar-refractivity contribution in [2.24, 2.45) is 0 Å². The molecule has 0 aliphatic rings. The van der Waals surface area contributed by atoms with Crippen LogP contribution in [0.1, 0.15) is 11.1 Å². The van der Waals surface area contributed by atoms with Crippen LogP contribution in [0.2, 0.25) is 0 Å². The van der Waals surface area contributed by atoms with E-state index < -0.39 is 0 Å². The number of anilines is 1. The highest BCUT2D eigenvalue weighted by Gasteiger charge is 2.12. The van der Waals surface area contributed by atoms with Crippen molar-refractivity contribution in [2.75, 3.05) is 5.48 Å². The van der Waals surface area contributed by atoms with Crippen LogP contribution in [0.25, 0.3) is 21.5 Å². The molecule has 0 radical (unpaired) electrons. The van der Waals surface area contributed by atoms with Crippen molar-refractivity contribution in [3.63, 3.8) is 0 Å². The Labute approximate surface area is 157 Å². The summed E-state index contributed by atoms with van der Waals surface area (Å²) in [4.78, 5) is 7.28. The lowest BCUT2D eigenvalue weighted by Gasteiger charge is -2.11. The summed E-state index contributed by atoms with van der Waals surface area (Å²) >= 11 is 0. The van der Waals surface area contributed by atoms with E-state index in [0.29, 0.717) is 11.3 Å². The predicted molar refractivity (Wildman–Crippen MR) is 104 cm³/mol. The van der Waals surface area contributed by atoms with E-state index in [1.807, 2.05) is 60.7 Å². The molecule has 5 heteroatoms. The fraction of sp³-hybridized carbons (Fsp3) is 0. The topological polar surface area (TPSA) is 69.6 Å². The van der Waals surface area contributed by atoms with Crippen LogP contribution in [0.15, 0.2) is 84.6 Å². The van der Waals surface area contributed by atoms with Crippen molar-refractivity contribution >= 4 is 11.3 Å². The highest BCUT2D eigenvalue weighted by atomic mass is 17.2. The van der Waals surface area contributed by atoms with Gasteiger partial charge in [0, 0.05) is 5.57 Å². The molecule has 0 spiro atoms.